The van der Waals surface area contributed by atoms with Gasteiger partial charge >= 0.3 is 5.76 Å². The standard InChI is InChI=1S/C22H23N5O2/c1-3-17-6-4-12-23-20(17)24-15(2)19-7-5-13-27(19)14-16-8-10-18(11-9-16)21-25-26-22(28)29-21/h3-4,6,8-12,19H,2,5,7,13-14H2,1H3,(H,26,28)/b17-3-,24-20+/t19-/m1/s1. The van der Waals surface area contributed by atoms with Crippen LogP contribution in [-0.2, 0) is 6.54 Å². The predicted octanol–water partition coefficient (Wildman–Crippen LogP) is 3.49. The molecule has 1 aromatic carbocycles. The molecule has 0 bridgehead atoms. The van der Waals surface area contributed by atoms with E-state index in [1.807, 2.05) is 49.4 Å². The lowest BCUT2D eigenvalue weighted by Crippen LogP contribution is -2.30. The Morgan fingerprint density at radius 3 is 2.97 bits per heavy atom. The molecule has 0 saturated carbocycles. The second kappa shape index (κ2) is 8.36. The fourth-order valence-electron chi connectivity index (χ4n) is 3.67. The predicted molar refractivity (Wildman–Crippen MR) is 114 cm³/mol. The van der Waals surface area contributed by atoms with Gasteiger partial charge in [-0.05, 0) is 56.2 Å². The molecule has 1 aromatic heterocycles. The third-order valence-electron chi connectivity index (χ3n) is 5.15. The first-order valence-electron chi connectivity index (χ1n) is 9.68. The maximum Gasteiger partial charge on any atom is 0.434 e. The fraction of sp³-hybridized carbons (Fsp3) is 0.273. The molecule has 7 heteroatoms. The van der Waals surface area contributed by atoms with Crippen molar-refractivity contribution >= 4 is 12.1 Å². The van der Waals surface area contributed by atoms with Crippen LogP contribution in [0, 0.1) is 0 Å². The molecule has 1 saturated heterocycles. The van der Waals surface area contributed by atoms with Crippen molar-refractivity contribution in [2.75, 3.05) is 6.54 Å². The number of nitrogens with one attached hydrogen (secondary N) is 1. The zero-order valence-corrected chi connectivity index (χ0v) is 16.3. The van der Waals surface area contributed by atoms with E-state index in [4.69, 9.17) is 9.41 Å². The molecular weight excluding hydrogens is 366 g/mol. The van der Waals surface area contributed by atoms with E-state index < -0.39 is 5.76 Å². The van der Waals surface area contributed by atoms with E-state index in [0.29, 0.717) is 5.89 Å². The topological polar surface area (TPSA) is 86.9 Å². The van der Waals surface area contributed by atoms with Gasteiger partial charge in [0.15, 0.2) is 5.84 Å². The van der Waals surface area contributed by atoms with Crippen LogP contribution in [0.15, 0.2) is 79.5 Å². The van der Waals surface area contributed by atoms with Crippen molar-refractivity contribution in [2.24, 2.45) is 9.98 Å². The van der Waals surface area contributed by atoms with Gasteiger partial charge in [0, 0.05) is 23.9 Å². The molecule has 29 heavy (non-hydrogen) atoms. The van der Waals surface area contributed by atoms with Crippen LogP contribution in [0.4, 0.5) is 0 Å². The van der Waals surface area contributed by atoms with Crippen molar-refractivity contribution in [2.45, 2.75) is 32.4 Å². The van der Waals surface area contributed by atoms with Crippen LogP contribution in [-0.4, -0.2) is 39.7 Å². The molecule has 2 aromatic rings. The highest BCUT2D eigenvalue weighted by atomic mass is 16.4. The average molecular weight is 389 g/mol. The molecule has 3 heterocycles. The molecule has 0 amide bonds. The van der Waals surface area contributed by atoms with Crippen LogP contribution in [0.5, 0.6) is 0 Å². The van der Waals surface area contributed by atoms with Crippen LogP contribution in [0.25, 0.3) is 11.5 Å². The van der Waals surface area contributed by atoms with Gasteiger partial charge in [-0.2, -0.15) is 0 Å². The van der Waals surface area contributed by atoms with Crippen LogP contribution >= 0.6 is 0 Å². The Hall–Kier alpha value is -3.32. The van der Waals surface area contributed by atoms with E-state index in [1.165, 1.54) is 5.56 Å². The van der Waals surface area contributed by atoms with Gasteiger partial charge in [-0.3, -0.25) is 4.90 Å². The molecule has 2 aliphatic rings. The fourth-order valence-corrected chi connectivity index (χ4v) is 3.67. The molecule has 7 nitrogen and oxygen atoms in total. The Bertz CT molecular complexity index is 1070. The lowest BCUT2D eigenvalue weighted by atomic mass is 10.1. The number of rotatable bonds is 5. The number of aliphatic imine (C=N–C) groups is 2. The number of allylic oxidation sites excluding steroid dienone is 2. The molecular formula is C22H23N5O2. The lowest BCUT2D eigenvalue weighted by Gasteiger charge is -2.25. The SMILES string of the molecule is C=C(/N=C1/N=CC=C/C1=C/C)[C@H]1CCCN1Cc1ccc(-c2n[nH]c(=O)o2)cc1. The van der Waals surface area contributed by atoms with Crippen molar-refractivity contribution in [1.82, 2.24) is 15.1 Å². The summed E-state index contributed by atoms with van der Waals surface area (Å²) in [6.07, 6.45) is 9.84. The van der Waals surface area contributed by atoms with Gasteiger partial charge in [0.25, 0.3) is 0 Å². The first-order valence-corrected chi connectivity index (χ1v) is 9.68. The molecule has 4 rings (SSSR count). The van der Waals surface area contributed by atoms with Gasteiger partial charge in [0.1, 0.15) is 0 Å². The van der Waals surface area contributed by atoms with Gasteiger partial charge in [0.2, 0.25) is 5.89 Å². The second-order valence-electron chi connectivity index (χ2n) is 7.05. The summed E-state index contributed by atoms with van der Waals surface area (Å²) < 4.78 is 5.00. The third kappa shape index (κ3) is 4.25. The monoisotopic (exact) mass is 389 g/mol. The van der Waals surface area contributed by atoms with E-state index in [9.17, 15) is 4.79 Å². The van der Waals surface area contributed by atoms with Gasteiger partial charge in [-0.25, -0.2) is 19.9 Å². The highest BCUT2D eigenvalue weighted by Crippen LogP contribution is 2.27. The molecule has 1 fully saturated rings. The second-order valence-corrected chi connectivity index (χ2v) is 7.05. The number of dihydropyridines is 1. The van der Waals surface area contributed by atoms with Crippen molar-refractivity contribution in [3.63, 3.8) is 0 Å². The summed E-state index contributed by atoms with van der Waals surface area (Å²) in [7, 11) is 0. The number of nitrogens with zero attached hydrogens (tertiary/aromatic N) is 4. The quantitative estimate of drug-likeness (QED) is 0.848. The summed E-state index contributed by atoms with van der Waals surface area (Å²) in [4.78, 5) is 22.6. The summed E-state index contributed by atoms with van der Waals surface area (Å²) in [6.45, 7) is 8.03. The first kappa shape index (κ1) is 19.0. The van der Waals surface area contributed by atoms with Crippen LogP contribution in [0.2, 0.25) is 0 Å². The average Bonchev–Trinajstić information content (AvgIpc) is 3.38. The summed E-state index contributed by atoms with van der Waals surface area (Å²) >= 11 is 0. The van der Waals surface area contributed by atoms with Crippen molar-refractivity contribution in [1.29, 1.82) is 0 Å². The third-order valence-corrected chi connectivity index (χ3v) is 5.15. The van der Waals surface area contributed by atoms with E-state index in [-0.39, 0.29) is 6.04 Å². The summed E-state index contributed by atoms with van der Waals surface area (Å²) in [6, 6.07) is 8.09. The Morgan fingerprint density at radius 1 is 1.41 bits per heavy atom. The Kier molecular flexibility index (Phi) is 5.48. The maximum absolute atomic E-state index is 11.1. The number of H-pyrrole nitrogens is 1. The van der Waals surface area contributed by atoms with Gasteiger partial charge in [-0.15, -0.1) is 5.10 Å². The Balaban J connectivity index is 1.46. The largest absolute Gasteiger partial charge is 0.434 e. The summed E-state index contributed by atoms with van der Waals surface area (Å²) in [5.74, 6) is 0.464. The zero-order chi connectivity index (χ0) is 20.2. The summed E-state index contributed by atoms with van der Waals surface area (Å²) in [5, 5.41) is 6.14. The van der Waals surface area contributed by atoms with Crippen LogP contribution in [0.3, 0.4) is 0 Å². The Labute approximate surface area is 168 Å². The minimum absolute atomic E-state index is 0.200. The van der Waals surface area contributed by atoms with Crippen molar-refractivity contribution in [3.8, 4) is 11.5 Å². The molecule has 0 radical (unpaired) electrons. The summed E-state index contributed by atoms with van der Waals surface area (Å²) in [5.41, 5.74) is 3.80. The minimum atomic E-state index is -0.553. The molecule has 0 spiro atoms. The van der Waals surface area contributed by atoms with Gasteiger partial charge in [-0.1, -0.05) is 24.8 Å². The van der Waals surface area contributed by atoms with E-state index in [2.05, 4.69) is 26.7 Å². The zero-order valence-electron chi connectivity index (χ0n) is 16.3. The van der Waals surface area contributed by atoms with E-state index in [1.54, 1.807) is 6.21 Å². The molecule has 1 atom stereocenters. The molecule has 1 N–H and O–H groups in total. The number of amidine groups is 1. The van der Waals surface area contributed by atoms with Crippen LogP contribution < -0.4 is 5.76 Å². The van der Waals surface area contributed by atoms with E-state index >= 15 is 0 Å². The molecule has 148 valence electrons. The smallest absolute Gasteiger partial charge is 0.388 e. The number of hydrogen-bond donors (Lipinski definition) is 1. The molecule has 0 unspecified atom stereocenters. The molecule has 0 aliphatic carbocycles. The highest BCUT2D eigenvalue weighted by molar-refractivity contribution is 6.09. The van der Waals surface area contributed by atoms with Crippen molar-refractivity contribution in [3.05, 3.63) is 76.5 Å². The maximum atomic E-state index is 11.1. The first-order chi connectivity index (χ1) is 14.1. The number of aromatic nitrogens is 2. The highest BCUT2D eigenvalue weighted by Gasteiger charge is 2.27. The van der Waals surface area contributed by atoms with Crippen LogP contribution in [0.1, 0.15) is 25.3 Å². The number of likely N-dealkylation sites (tertiary alicyclic amines) is 1. The number of benzene rings is 1. The number of aromatic amines is 1. The number of hydrogen-bond acceptors (Lipinski definition) is 5. The van der Waals surface area contributed by atoms with Crippen molar-refractivity contribution < 1.29 is 4.42 Å². The van der Waals surface area contributed by atoms with Gasteiger partial charge < -0.3 is 4.42 Å². The van der Waals surface area contributed by atoms with Gasteiger partial charge in [0.05, 0.1) is 11.7 Å². The minimum Gasteiger partial charge on any atom is -0.388 e. The molecule has 2 aliphatic heterocycles. The lowest BCUT2D eigenvalue weighted by molar-refractivity contribution is 0.271. The normalized spacial score (nSPS) is 22.0. The Morgan fingerprint density at radius 2 is 2.24 bits per heavy atom. The van der Waals surface area contributed by atoms with E-state index in [0.717, 1.165) is 48.6 Å².